The standard InChI is InChI=1S/C9H10BrNO2/c1-2-7(9(12)13)8-4-3-6(10)5-11-8/h3-5,7H,2H2,1H3,(H,12,13). The van der Waals surface area contributed by atoms with E-state index in [0.29, 0.717) is 12.1 Å². The van der Waals surface area contributed by atoms with Gasteiger partial charge in [0, 0.05) is 10.7 Å². The zero-order valence-corrected chi connectivity index (χ0v) is 8.78. The normalized spacial score (nSPS) is 12.5. The van der Waals surface area contributed by atoms with Crippen LogP contribution in [0.25, 0.3) is 0 Å². The van der Waals surface area contributed by atoms with Crippen molar-refractivity contribution < 1.29 is 9.90 Å². The van der Waals surface area contributed by atoms with Gasteiger partial charge in [0.25, 0.3) is 0 Å². The van der Waals surface area contributed by atoms with Gasteiger partial charge in [0.1, 0.15) is 0 Å². The van der Waals surface area contributed by atoms with E-state index < -0.39 is 11.9 Å². The molecule has 1 unspecified atom stereocenters. The Kier molecular flexibility index (Phi) is 3.42. The van der Waals surface area contributed by atoms with E-state index in [1.54, 1.807) is 18.3 Å². The predicted octanol–water partition coefficient (Wildman–Crippen LogP) is 2.42. The number of carboxylic acid groups (broad SMARTS) is 1. The Hall–Kier alpha value is -0.900. The molecule has 1 atom stereocenters. The molecule has 0 radical (unpaired) electrons. The molecule has 1 N–H and O–H groups in total. The van der Waals surface area contributed by atoms with E-state index in [4.69, 9.17) is 5.11 Å². The molecular formula is C9H10BrNO2. The molecule has 1 heterocycles. The monoisotopic (exact) mass is 243 g/mol. The first-order valence-electron chi connectivity index (χ1n) is 3.99. The van der Waals surface area contributed by atoms with Gasteiger partial charge < -0.3 is 5.11 Å². The highest BCUT2D eigenvalue weighted by Crippen LogP contribution is 2.18. The molecule has 1 aromatic rings. The Bertz CT molecular complexity index is 297. The Balaban J connectivity index is 2.92. The highest BCUT2D eigenvalue weighted by molar-refractivity contribution is 9.10. The number of carbonyl (C=O) groups is 1. The lowest BCUT2D eigenvalue weighted by atomic mass is 10.0. The quantitative estimate of drug-likeness (QED) is 0.888. The summed E-state index contributed by atoms with van der Waals surface area (Å²) in [7, 11) is 0. The van der Waals surface area contributed by atoms with Gasteiger partial charge in [0.05, 0.1) is 11.6 Å². The van der Waals surface area contributed by atoms with Crippen LogP contribution in [-0.4, -0.2) is 16.1 Å². The van der Waals surface area contributed by atoms with Crippen LogP contribution in [-0.2, 0) is 4.79 Å². The average molecular weight is 244 g/mol. The minimum absolute atomic E-state index is 0.493. The van der Waals surface area contributed by atoms with Gasteiger partial charge in [-0.05, 0) is 34.5 Å². The lowest BCUT2D eigenvalue weighted by Gasteiger charge is -2.08. The predicted molar refractivity (Wildman–Crippen MR) is 52.6 cm³/mol. The molecule has 0 spiro atoms. The fraction of sp³-hybridized carbons (Fsp3) is 0.333. The zero-order chi connectivity index (χ0) is 9.84. The van der Waals surface area contributed by atoms with E-state index in [2.05, 4.69) is 20.9 Å². The van der Waals surface area contributed by atoms with Crippen LogP contribution in [0.15, 0.2) is 22.8 Å². The molecular weight excluding hydrogens is 234 g/mol. The molecule has 0 bridgehead atoms. The summed E-state index contributed by atoms with van der Waals surface area (Å²) in [5.74, 6) is -1.31. The highest BCUT2D eigenvalue weighted by Gasteiger charge is 2.18. The SMILES string of the molecule is CCC(C(=O)O)c1ccc(Br)cn1. The van der Waals surface area contributed by atoms with Gasteiger partial charge in [0.2, 0.25) is 0 Å². The highest BCUT2D eigenvalue weighted by atomic mass is 79.9. The molecule has 1 aromatic heterocycles. The van der Waals surface area contributed by atoms with Crippen molar-refractivity contribution in [3.05, 3.63) is 28.5 Å². The first kappa shape index (κ1) is 10.2. The van der Waals surface area contributed by atoms with Crippen LogP contribution in [0.4, 0.5) is 0 Å². The molecule has 0 aliphatic rings. The van der Waals surface area contributed by atoms with Gasteiger partial charge in [-0.25, -0.2) is 0 Å². The van der Waals surface area contributed by atoms with E-state index in [1.165, 1.54) is 0 Å². The topological polar surface area (TPSA) is 50.2 Å². The van der Waals surface area contributed by atoms with E-state index in [-0.39, 0.29) is 0 Å². The molecule has 0 aromatic carbocycles. The van der Waals surface area contributed by atoms with Crippen molar-refractivity contribution >= 4 is 21.9 Å². The number of aromatic nitrogens is 1. The molecule has 13 heavy (non-hydrogen) atoms. The number of carboxylic acids is 1. The molecule has 0 aliphatic carbocycles. The van der Waals surface area contributed by atoms with Crippen LogP contribution < -0.4 is 0 Å². The van der Waals surface area contributed by atoms with Gasteiger partial charge in [-0.2, -0.15) is 0 Å². The van der Waals surface area contributed by atoms with Crippen LogP contribution in [0, 0.1) is 0 Å². The number of hydrogen-bond donors (Lipinski definition) is 1. The molecule has 0 fully saturated rings. The minimum Gasteiger partial charge on any atom is -0.481 e. The number of nitrogens with zero attached hydrogens (tertiary/aromatic N) is 1. The van der Waals surface area contributed by atoms with Crippen LogP contribution in [0.5, 0.6) is 0 Å². The smallest absolute Gasteiger partial charge is 0.312 e. The van der Waals surface area contributed by atoms with E-state index in [9.17, 15) is 4.79 Å². The number of halogens is 1. The second-order valence-corrected chi connectivity index (χ2v) is 3.62. The lowest BCUT2D eigenvalue weighted by Crippen LogP contribution is -2.11. The Morgan fingerprint density at radius 1 is 1.69 bits per heavy atom. The molecule has 4 heteroatoms. The summed E-state index contributed by atoms with van der Waals surface area (Å²) >= 11 is 3.24. The summed E-state index contributed by atoms with van der Waals surface area (Å²) in [6, 6.07) is 3.53. The molecule has 0 saturated heterocycles. The minimum atomic E-state index is -0.822. The maximum atomic E-state index is 10.8. The largest absolute Gasteiger partial charge is 0.481 e. The molecule has 0 amide bonds. The third-order valence-electron chi connectivity index (χ3n) is 1.81. The summed E-state index contributed by atoms with van der Waals surface area (Å²) in [5.41, 5.74) is 0.609. The number of hydrogen-bond acceptors (Lipinski definition) is 2. The van der Waals surface area contributed by atoms with Crippen molar-refractivity contribution in [1.82, 2.24) is 4.98 Å². The third-order valence-corrected chi connectivity index (χ3v) is 2.28. The van der Waals surface area contributed by atoms with E-state index in [1.807, 2.05) is 6.92 Å². The van der Waals surface area contributed by atoms with Crippen molar-refractivity contribution in [3.8, 4) is 0 Å². The first-order valence-corrected chi connectivity index (χ1v) is 4.78. The Morgan fingerprint density at radius 3 is 2.77 bits per heavy atom. The van der Waals surface area contributed by atoms with Gasteiger partial charge in [0.15, 0.2) is 0 Å². The van der Waals surface area contributed by atoms with E-state index >= 15 is 0 Å². The van der Waals surface area contributed by atoms with Crippen LogP contribution >= 0.6 is 15.9 Å². The maximum Gasteiger partial charge on any atom is 0.312 e. The van der Waals surface area contributed by atoms with Crippen molar-refractivity contribution in [3.63, 3.8) is 0 Å². The fourth-order valence-electron chi connectivity index (χ4n) is 1.10. The van der Waals surface area contributed by atoms with E-state index in [0.717, 1.165) is 4.47 Å². The van der Waals surface area contributed by atoms with Crippen molar-refractivity contribution in [2.24, 2.45) is 0 Å². The Labute approximate surface area is 84.9 Å². The number of pyridine rings is 1. The van der Waals surface area contributed by atoms with Crippen LogP contribution in [0.1, 0.15) is 25.0 Å². The summed E-state index contributed by atoms with van der Waals surface area (Å²) in [6.07, 6.45) is 2.17. The first-order chi connectivity index (χ1) is 6.15. The lowest BCUT2D eigenvalue weighted by molar-refractivity contribution is -0.138. The summed E-state index contributed by atoms with van der Waals surface area (Å²) in [6.45, 7) is 1.84. The summed E-state index contributed by atoms with van der Waals surface area (Å²) in [5, 5.41) is 8.84. The van der Waals surface area contributed by atoms with Crippen molar-refractivity contribution in [2.75, 3.05) is 0 Å². The van der Waals surface area contributed by atoms with Gasteiger partial charge in [-0.3, -0.25) is 9.78 Å². The Morgan fingerprint density at radius 2 is 2.38 bits per heavy atom. The number of rotatable bonds is 3. The average Bonchev–Trinajstić information content (AvgIpc) is 2.09. The number of aliphatic carboxylic acids is 1. The third kappa shape index (κ3) is 2.52. The zero-order valence-electron chi connectivity index (χ0n) is 7.20. The van der Waals surface area contributed by atoms with Crippen LogP contribution in [0.2, 0.25) is 0 Å². The second-order valence-electron chi connectivity index (χ2n) is 2.70. The van der Waals surface area contributed by atoms with Crippen molar-refractivity contribution in [2.45, 2.75) is 19.3 Å². The molecule has 3 nitrogen and oxygen atoms in total. The molecule has 0 saturated carbocycles. The molecule has 1 rings (SSSR count). The van der Waals surface area contributed by atoms with Crippen molar-refractivity contribution in [1.29, 1.82) is 0 Å². The summed E-state index contributed by atoms with van der Waals surface area (Å²) in [4.78, 5) is 14.8. The fourth-order valence-corrected chi connectivity index (χ4v) is 1.34. The van der Waals surface area contributed by atoms with Crippen LogP contribution in [0.3, 0.4) is 0 Å². The van der Waals surface area contributed by atoms with Gasteiger partial charge in [-0.1, -0.05) is 6.92 Å². The summed E-state index contributed by atoms with van der Waals surface area (Å²) < 4.78 is 0.858. The molecule has 70 valence electrons. The second kappa shape index (κ2) is 4.37. The maximum absolute atomic E-state index is 10.8. The molecule has 0 aliphatic heterocycles. The van der Waals surface area contributed by atoms with Gasteiger partial charge in [-0.15, -0.1) is 0 Å². The van der Waals surface area contributed by atoms with Gasteiger partial charge >= 0.3 is 5.97 Å².